The Hall–Kier alpha value is -11.0. The molecular formula is C76H51N7. The number of benzene rings is 11. The first-order valence-corrected chi connectivity index (χ1v) is 28.2. The molecule has 5 heterocycles. The van der Waals surface area contributed by atoms with Crippen LogP contribution in [0.15, 0.2) is 273 Å². The molecule has 11 aromatic carbocycles. The van der Waals surface area contributed by atoms with E-state index >= 15 is 0 Å². The Morgan fingerprint density at radius 1 is 0.253 bits per heavy atom. The number of para-hydroxylation sites is 4. The van der Waals surface area contributed by atoms with E-state index in [1.807, 2.05) is 12.1 Å². The second-order valence-electron chi connectivity index (χ2n) is 21.5. The number of fused-ring (bicyclic) bond motifs is 9. The maximum absolute atomic E-state index is 5.92. The summed E-state index contributed by atoms with van der Waals surface area (Å²) in [4.78, 5) is 22.6. The van der Waals surface area contributed by atoms with Gasteiger partial charge in [0, 0.05) is 60.1 Å². The molecular weight excluding hydrogens is 1010 g/mol. The first-order chi connectivity index (χ1) is 41.0. The van der Waals surface area contributed by atoms with Crippen LogP contribution >= 0.6 is 0 Å². The van der Waals surface area contributed by atoms with Gasteiger partial charge in [0.15, 0.2) is 11.6 Å². The predicted octanol–water partition coefficient (Wildman–Crippen LogP) is 19.2. The topological polar surface area (TPSA) is 66.3 Å². The lowest BCUT2D eigenvalue weighted by Gasteiger charge is -2.27. The average Bonchev–Trinajstić information content (AvgIpc) is 4.33. The molecule has 16 aromatic rings. The molecule has 0 N–H and O–H groups in total. The fourth-order valence-corrected chi connectivity index (χ4v) is 12.7. The Morgan fingerprint density at radius 3 is 1.05 bits per heavy atom. The summed E-state index contributed by atoms with van der Waals surface area (Å²) in [5, 5.41) is 6.89. The molecule has 0 saturated carbocycles. The van der Waals surface area contributed by atoms with Gasteiger partial charge < -0.3 is 13.7 Å². The number of nitrogens with zero attached hydrogens (tertiary/aromatic N) is 7. The highest BCUT2D eigenvalue weighted by Crippen LogP contribution is 2.50. The summed E-state index contributed by atoms with van der Waals surface area (Å²) in [6.45, 7) is 4.36. The highest BCUT2D eigenvalue weighted by Gasteiger charge is 2.32. The van der Waals surface area contributed by atoms with Crippen LogP contribution in [-0.2, 0) is 0 Å². The number of aromatic nitrogens is 7. The summed E-state index contributed by atoms with van der Waals surface area (Å²) in [7, 11) is 0. The third kappa shape index (κ3) is 7.88. The Labute approximate surface area is 479 Å². The van der Waals surface area contributed by atoms with Crippen molar-refractivity contribution in [1.82, 2.24) is 33.6 Å². The van der Waals surface area contributed by atoms with Gasteiger partial charge in [0.1, 0.15) is 0 Å². The minimum absolute atomic E-state index is 0.609. The Kier molecular flexibility index (Phi) is 11.2. The van der Waals surface area contributed by atoms with Gasteiger partial charge in [0.05, 0.1) is 78.5 Å². The monoisotopic (exact) mass is 1060 g/mol. The molecule has 0 saturated heterocycles. The van der Waals surface area contributed by atoms with Crippen molar-refractivity contribution in [2.24, 2.45) is 0 Å². The van der Waals surface area contributed by atoms with Crippen molar-refractivity contribution in [3.05, 3.63) is 284 Å². The molecule has 0 aliphatic heterocycles. The molecule has 0 fully saturated rings. The van der Waals surface area contributed by atoms with Crippen LogP contribution in [0.3, 0.4) is 0 Å². The fourth-order valence-electron chi connectivity index (χ4n) is 12.7. The number of aryl methyl sites for hydroxylation is 2. The second kappa shape index (κ2) is 19.4. The molecule has 0 unspecified atom stereocenters. The second-order valence-corrected chi connectivity index (χ2v) is 21.5. The van der Waals surface area contributed by atoms with Crippen molar-refractivity contribution >= 4 is 65.4 Å². The zero-order chi connectivity index (χ0) is 55.1. The maximum Gasteiger partial charge on any atom is 0.160 e. The number of rotatable bonds is 9. The largest absolute Gasteiger partial charge is 0.308 e. The summed E-state index contributed by atoms with van der Waals surface area (Å²) in [5.74, 6) is 1.23. The third-order valence-electron chi connectivity index (χ3n) is 16.4. The summed E-state index contributed by atoms with van der Waals surface area (Å²) in [6.07, 6.45) is 0. The number of hydrogen-bond donors (Lipinski definition) is 0. The smallest absolute Gasteiger partial charge is 0.160 e. The quantitative estimate of drug-likeness (QED) is 0.144. The normalized spacial score (nSPS) is 11.7. The molecule has 0 spiro atoms. The van der Waals surface area contributed by atoms with Crippen molar-refractivity contribution in [2.75, 3.05) is 0 Å². The molecule has 5 aromatic heterocycles. The molecule has 16 rings (SSSR count). The average molecular weight is 1060 g/mol. The minimum Gasteiger partial charge on any atom is -0.308 e. The first-order valence-electron chi connectivity index (χ1n) is 28.2. The van der Waals surface area contributed by atoms with Crippen LogP contribution < -0.4 is 0 Å². The summed E-state index contributed by atoms with van der Waals surface area (Å²) in [5.41, 5.74) is 20.2. The Bertz CT molecular complexity index is 5040. The first kappa shape index (κ1) is 47.9. The van der Waals surface area contributed by atoms with Crippen LogP contribution in [0.5, 0.6) is 0 Å². The van der Waals surface area contributed by atoms with Crippen molar-refractivity contribution < 1.29 is 0 Å². The summed E-state index contributed by atoms with van der Waals surface area (Å²) >= 11 is 0. The van der Waals surface area contributed by atoms with Gasteiger partial charge in [-0.15, -0.1) is 0 Å². The van der Waals surface area contributed by atoms with Gasteiger partial charge in [-0.25, -0.2) is 19.9 Å². The van der Waals surface area contributed by atoms with E-state index in [1.165, 1.54) is 11.1 Å². The van der Waals surface area contributed by atoms with Gasteiger partial charge >= 0.3 is 0 Å². The van der Waals surface area contributed by atoms with Gasteiger partial charge in [-0.05, 0) is 80.6 Å². The maximum atomic E-state index is 5.92. The Balaban J connectivity index is 1.22. The molecule has 83 heavy (non-hydrogen) atoms. The standard InChI is InChI=1S/C76H51N7/c1-48-39-41-69-58(43-48)56-33-17-21-37-67(56)82(69)73-60(63-46-61(50-23-7-3-8-24-50)77-75(79-63)52-27-11-5-12-28-52)45-71(81-65-35-19-15-31-54(65)55-32-16-20-36-66(55)81)74(83-68-38-22-18-34-57(68)59-44-49(2)40-42-70(59)83)72(73)64-47-62(51-25-9-4-10-26-51)78-76(80-64)53-29-13-6-14-30-53/h3-47H,1-2H3. The highest BCUT2D eigenvalue weighted by molar-refractivity contribution is 6.15. The molecule has 0 aliphatic carbocycles. The van der Waals surface area contributed by atoms with Crippen molar-refractivity contribution in [3.63, 3.8) is 0 Å². The molecule has 7 heteroatoms. The Morgan fingerprint density at radius 2 is 0.590 bits per heavy atom. The van der Waals surface area contributed by atoms with E-state index in [-0.39, 0.29) is 0 Å². The van der Waals surface area contributed by atoms with Crippen LogP contribution in [0.2, 0.25) is 0 Å². The molecule has 0 aliphatic rings. The van der Waals surface area contributed by atoms with E-state index < -0.39 is 0 Å². The van der Waals surface area contributed by atoms with E-state index in [4.69, 9.17) is 19.9 Å². The van der Waals surface area contributed by atoms with E-state index in [0.29, 0.717) is 11.6 Å². The minimum atomic E-state index is 0.609. The lowest BCUT2D eigenvalue weighted by molar-refractivity contribution is 1.07. The SMILES string of the molecule is Cc1ccc2c(c1)c1ccccc1n2-c1c(-c2cc(-c3ccccc3)nc(-c3ccccc3)n2)cc(-n2c3ccccc3c3ccccc32)c(-n2c3ccccc3c3cc(C)ccc32)c1-c1cc(-c2ccccc2)nc(-c2ccccc2)n1. The van der Waals surface area contributed by atoms with E-state index in [9.17, 15) is 0 Å². The zero-order valence-electron chi connectivity index (χ0n) is 45.6. The van der Waals surface area contributed by atoms with Crippen LogP contribution in [0.25, 0.3) is 150 Å². The molecule has 0 atom stereocenters. The fraction of sp³-hybridized carbons (Fsp3) is 0.0263. The van der Waals surface area contributed by atoms with Crippen molar-refractivity contribution in [2.45, 2.75) is 13.8 Å². The highest BCUT2D eigenvalue weighted by atomic mass is 15.1. The van der Waals surface area contributed by atoms with E-state index in [2.05, 4.69) is 288 Å². The molecule has 390 valence electrons. The van der Waals surface area contributed by atoms with Gasteiger partial charge in [-0.1, -0.05) is 217 Å². The van der Waals surface area contributed by atoms with E-state index in [1.54, 1.807) is 0 Å². The van der Waals surface area contributed by atoms with Crippen molar-refractivity contribution in [1.29, 1.82) is 0 Å². The molecule has 0 amide bonds. The molecule has 0 bridgehead atoms. The summed E-state index contributed by atoms with van der Waals surface area (Å²) < 4.78 is 7.49. The molecule has 0 radical (unpaired) electrons. The van der Waals surface area contributed by atoms with Crippen LogP contribution in [-0.4, -0.2) is 33.6 Å². The van der Waals surface area contributed by atoms with Gasteiger partial charge in [0.25, 0.3) is 0 Å². The van der Waals surface area contributed by atoms with Crippen LogP contribution in [0.1, 0.15) is 11.1 Å². The summed E-state index contributed by atoms with van der Waals surface area (Å²) in [6, 6.07) is 97.6. The molecule has 7 nitrogen and oxygen atoms in total. The van der Waals surface area contributed by atoms with Gasteiger partial charge in [-0.2, -0.15) is 0 Å². The van der Waals surface area contributed by atoms with Crippen LogP contribution in [0, 0.1) is 13.8 Å². The van der Waals surface area contributed by atoms with Crippen molar-refractivity contribution in [3.8, 4) is 84.9 Å². The predicted molar refractivity (Wildman–Crippen MR) is 343 cm³/mol. The van der Waals surface area contributed by atoms with Gasteiger partial charge in [0.2, 0.25) is 0 Å². The van der Waals surface area contributed by atoms with Gasteiger partial charge in [-0.3, -0.25) is 0 Å². The lowest BCUT2D eigenvalue weighted by Crippen LogP contribution is -2.12. The zero-order valence-corrected chi connectivity index (χ0v) is 45.6. The third-order valence-corrected chi connectivity index (χ3v) is 16.4. The lowest BCUT2D eigenvalue weighted by atomic mass is 9.94. The van der Waals surface area contributed by atoms with E-state index in [0.717, 1.165) is 139 Å². The van der Waals surface area contributed by atoms with Crippen LogP contribution in [0.4, 0.5) is 0 Å². The number of hydrogen-bond acceptors (Lipinski definition) is 4.